The standard InChI is InChI=1S/C32H50N2/c1-4-6-8-9-10-11-12-14-16-28-17-21-29(22-18-28)31-25-33-32(34-26(31)3)30-23-19-27(20-24-30)15-13-7-5-2/h17-18,21-22,25,27,30H,4-16,19-20,23-24H2,1-3H3. The van der Waals surface area contributed by atoms with Gasteiger partial charge in [0.15, 0.2) is 0 Å². The molecule has 1 heterocycles. The van der Waals surface area contributed by atoms with Crippen LogP contribution in [0.4, 0.5) is 0 Å². The van der Waals surface area contributed by atoms with Gasteiger partial charge in [-0.1, -0.05) is 109 Å². The Labute approximate surface area is 210 Å². The van der Waals surface area contributed by atoms with Crippen LogP contribution in [0.25, 0.3) is 11.1 Å². The molecule has 0 bridgehead atoms. The first-order chi connectivity index (χ1) is 16.7. The van der Waals surface area contributed by atoms with E-state index < -0.39 is 0 Å². The summed E-state index contributed by atoms with van der Waals surface area (Å²) in [7, 11) is 0. The third kappa shape index (κ3) is 8.82. The predicted octanol–water partition coefficient (Wildman–Crippen LogP) is 9.99. The summed E-state index contributed by atoms with van der Waals surface area (Å²) in [5.74, 6) is 2.58. The summed E-state index contributed by atoms with van der Waals surface area (Å²) in [6.07, 6.45) is 25.2. The SMILES string of the molecule is CCCCCCCCCCc1ccc(-c2cnc(C3CCC(CCCCC)CC3)nc2C)cc1. The Morgan fingerprint density at radius 2 is 1.35 bits per heavy atom. The van der Waals surface area contributed by atoms with Gasteiger partial charge in [0.2, 0.25) is 0 Å². The molecule has 0 aliphatic heterocycles. The van der Waals surface area contributed by atoms with E-state index in [0.29, 0.717) is 5.92 Å². The lowest BCUT2D eigenvalue weighted by Crippen LogP contribution is -2.16. The normalized spacial score (nSPS) is 18.3. The maximum absolute atomic E-state index is 4.98. The molecule has 1 aliphatic rings. The highest BCUT2D eigenvalue weighted by Crippen LogP contribution is 2.37. The summed E-state index contributed by atoms with van der Waals surface area (Å²) < 4.78 is 0. The van der Waals surface area contributed by atoms with Crippen LogP contribution in [0.2, 0.25) is 0 Å². The van der Waals surface area contributed by atoms with Crippen molar-refractivity contribution in [3.05, 3.63) is 47.5 Å². The summed E-state index contributed by atoms with van der Waals surface area (Å²) in [6, 6.07) is 9.16. The molecule has 0 amide bonds. The first-order valence-electron chi connectivity index (χ1n) is 14.6. The van der Waals surface area contributed by atoms with Crippen LogP contribution in [0.1, 0.15) is 140 Å². The van der Waals surface area contributed by atoms with Crippen molar-refractivity contribution in [2.24, 2.45) is 5.92 Å². The fourth-order valence-electron chi connectivity index (χ4n) is 5.67. The number of aryl methyl sites for hydroxylation is 2. The molecule has 2 heteroatoms. The van der Waals surface area contributed by atoms with E-state index in [1.165, 1.54) is 126 Å². The van der Waals surface area contributed by atoms with Gasteiger partial charge in [0.25, 0.3) is 0 Å². The van der Waals surface area contributed by atoms with Crippen LogP contribution in [0, 0.1) is 12.8 Å². The fourth-order valence-corrected chi connectivity index (χ4v) is 5.67. The summed E-state index contributed by atoms with van der Waals surface area (Å²) in [6.45, 7) is 6.74. The topological polar surface area (TPSA) is 25.8 Å². The average Bonchev–Trinajstić information content (AvgIpc) is 2.87. The Kier molecular flexibility index (Phi) is 12.1. The first kappa shape index (κ1) is 26.9. The van der Waals surface area contributed by atoms with Crippen molar-refractivity contribution >= 4 is 0 Å². The van der Waals surface area contributed by atoms with Gasteiger partial charge in [-0.15, -0.1) is 0 Å². The molecule has 0 atom stereocenters. The minimum Gasteiger partial charge on any atom is -0.240 e. The highest BCUT2D eigenvalue weighted by atomic mass is 14.9. The monoisotopic (exact) mass is 462 g/mol. The minimum atomic E-state index is 0.559. The van der Waals surface area contributed by atoms with Crippen LogP contribution >= 0.6 is 0 Å². The third-order valence-corrected chi connectivity index (χ3v) is 8.01. The Morgan fingerprint density at radius 3 is 2.00 bits per heavy atom. The van der Waals surface area contributed by atoms with Crippen LogP contribution in [-0.2, 0) is 6.42 Å². The van der Waals surface area contributed by atoms with Crippen molar-refractivity contribution in [1.82, 2.24) is 9.97 Å². The van der Waals surface area contributed by atoms with Crippen molar-refractivity contribution < 1.29 is 0 Å². The molecule has 0 N–H and O–H groups in total. The lowest BCUT2D eigenvalue weighted by molar-refractivity contribution is 0.297. The third-order valence-electron chi connectivity index (χ3n) is 8.01. The largest absolute Gasteiger partial charge is 0.240 e. The molecular formula is C32H50N2. The molecule has 0 radical (unpaired) electrons. The summed E-state index contributed by atoms with van der Waals surface area (Å²) in [5, 5.41) is 0. The Hall–Kier alpha value is -1.70. The lowest BCUT2D eigenvalue weighted by Gasteiger charge is -2.28. The number of rotatable bonds is 15. The van der Waals surface area contributed by atoms with Crippen molar-refractivity contribution in [1.29, 1.82) is 0 Å². The molecule has 3 rings (SSSR count). The molecule has 0 unspecified atom stereocenters. The van der Waals surface area contributed by atoms with Crippen LogP contribution in [0.3, 0.4) is 0 Å². The van der Waals surface area contributed by atoms with Crippen molar-refractivity contribution in [3.63, 3.8) is 0 Å². The van der Waals surface area contributed by atoms with E-state index in [-0.39, 0.29) is 0 Å². The van der Waals surface area contributed by atoms with Gasteiger partial charge in [0.05, 0.1) is 0 Å². The van der Waals surface area contributed by atoms with Crippen LogP contribution in [0.15, 0.2) is 30.5 Å². The summed E-state index contributed by atoms with van der Waals surface area (Å²) in [4.78, 5) is 9.83. The quantitative estimate of drug-likeness (QED) is 0.246. The van der Waals surface area contributed by atoms with Gasteiger partial charge in [-0.3, -0.25) is 0 Å². The number of nitrogens with zero attached hydrogens (tertiary/aromatic N) is 2. The number of hydrogen-bond acceptors (Lipinski definition) is 2. The second-order valence-corrected chi connectivity index (χ2v) is 10.9. The van der Waals surface area contributed by atoms with E-state index in [4.69, 9.17) is 9.97 Å². The smallest absolute Gasteiger partial charge is 0.131 e. The Balaban J connectivity index is 1.44. The summed E-state index contributed by atoms with van der Waals surface area (Å²) in [5.41, 5.74) is 5.03. The predicted molar refractivity (Wildman–Crippen MR) is 147 cm³/mol. The molecule has 1 saturated carbocycles. The average molecular weight is 463 g/mol. The number of aromatic nitrogens is 2. The lowest BCUT2D eigenvalue weighted by atomic mass is 9.79. The van der Waals surface area contributed by atoms with Crippen molar-refractivity contribution in [3.8, 4) is 11.1 Å². The number of hydrogen-bond donors (Lipinski definition) is 0. The Bertz CT molecular complexity index is 802. The molecule has 188 valence electrons. The zero-order valence-electron chi connectivity index (χ0n) is 22.5. The highest BCUT2D eigenvalue weighted by Gasteiger charge is 2.24. The van der Waals surface area contributed by atoms with Gasteiger partial charge < -0.3 is 0 Å². The van der Waals surface area contributed by atoms with Crippen molar-refractivity contribution in [2.75, 3.05) is 0 Å². The maximum atomic E-state index is 4.98. The molecule has 0 saturated heterocycles. The minimum absolute atomic E-state index is 0.559. The number of unbranched alkanes of at least 4 members (excludes halogenated alkanes) is 9. The first-order valence-corrected chi connectivity index (χ1v) is 14.6. The van der Waals surface area contributed by atoms with Gasteiger partial charge in [0.1, 0.15) is 5.82 Å². The second kappa shape index (κ2) is 15.3. The van der Waals surface area contributed by atoms with Gasteiger partial charge >= 0.3 is 0 Å². The number of benzene rings is 1. The van der Waals surface area contributed by atoms with E-state index in [0.717, 1.165) is 17.4 Å². The maximum Gasteiger partial charge on any atom is 0.131 e. The molecular weight excluding hydrogens is 412 g/mol. The van der Waals surface area contributed by atoms with E-state index in [1.807, 2.05) is 0 Å². The Morgan fingerprint density at radius 1 is 0.735 bits per heavy atom. The molecule has 2 nitrogen and oxygen atoms in total. The van der Waals surface area contributed by atoms with E-state index in [1.54, 1.807) is 0 Å². The van der Waals surface area contributed by atoms with Gasteiger partial charge in [-0.05, 0) is 62.5 Å². The van der Waals surface area contributed by atoms with E-state index in [2.05, 4.69) is 51.2 Å². The molecule has 2 aromatic rings. The molecule has 1 fully saturated rings. The van der Waals surface area contributed by atoms with Gasteiger partial charge in [0, 0.05) is 23.4 Å². The molecule has 0 spiro atoms. The fraction of sp³-hybridized carbons (Fsp3) is 0.688. The van der Waals surface area contributed by atoms with Crippen molar-refractivity contribution in [2.45, 2.75) is 136 Å². The van der Waals surface area contributed by atoms with Crippen LogP contribution in [0.5, 0.6) is 0 Å². The molecule has 1 aromatic heterocycles. The van der Waals surface area contributed by atoms with E-state index in [9.17, 15) is 0 Å². The van der Waals surface area contributed by atoms with Gasteiger partial charge in [-0.2, -0.15) is 0 Å². The van der Waals surface area contributed by atoms with Crippen LogP contribution in [-0.4, -0.2) is 9.97 Å². The molecule has 1 aliphatic carbocycles. The highest BCUT2D eigenvalue weighted by molar-refractivity contribution is 5.65. The zero-order valence-corrected chi connectivity index (χ0v) is 22.5. The molecule has 34 heavy (non-hydrogen) atoms. The van der Waals surface area contributed by atoms with E-state index >= 15 is 0 Å². The summed E-state index contributed by atoms with van der Waals surface area (Å²) >= 11 is 0. The second-order valence-electron chi connectivity index (χ2n) is 10.9. The zero-order chi connectivity index (χ0) is 24.0. The van der Waals surface area contributed by atoms with Gasteiger partial charge in [-0.25, -0.2) is 9.97 Å². The molecule has 1 aromatic carbocycles. The van der Waals surface area contributed by atoms with Crippen LogP contribution < -0.4 is 0 Å².